The third-order valence-corrected chi connectivity index (χ3v) is 2.32. The summed E-state index contributed by atoms with van der Waals surface area (Å²) in [4.78, 5) is 18.2. The quantitative estimate of drug-likeness (QED) is 0.908. The van der Waals surface area contributed by atoms with Crippen LogP contribution in [0.5, 0.6) is 11.6 Å². The van der Waals surface area contributed by atoms with Crippen LogP contribution in [0.25, 0.3) is 0 Å². The normalized spacial score (nSPS) is 10.7. The minimum atomic E-state index is -0.343. The van der Waals surface area contributed by atoms with Crippen LogP contribution in [0.3, 0.4) is 0 Å². The number of halogens is 1. The highest BCUT2D eigenvalue weighted by molar-refractivity contribution is 5.26. The second-order valence-corrected chi connectivity index (χ2v) is 4.18. The van der Waals surface area contributed by atoms with Gasteiger partial charge in [-0.1, -0.05) is 13.8 Å². The van der Waals surface area contributed by atoms with Crippen molar-refractivity contribution < 1.29 is 9.13 Å². The number of aromatic amines is 1. The summed E-state index contributed by atoms with van der Waals surface area (Å²) in [7, 11) is 0. The Balaban J connectivity index is 2.28. The molecule has 2 rings (SSSR count). The van der Waals surface area contributed by atoms with Crippen LogP contribution >= 0.6 is 0 Å². The van der Waals surface area contributed by atoms with E-state index in [1.54, 1.807) is 0 Å². The summed E-state index contributed by atoms with van der Waals surface area (Å²) in [5.74, 6) is 0.941. The fourth-order valence-corrected chi connectivity index (χ4v) is 1.40. The van der Waals surface area contributed by atoms with E-state index in [0.717, 1.165) is 0 Å². The van der Waals surface area contributed by atoms with Crippen LogP contribution in [-0.2, 0) is 0 Å². The van der Waals surface area contributed by atoms with Crippen molar-refractivity contribution in [3.63, 3.8) is 0 Å². The van der Waals surface area contributed by atoms with Crippen molar-refractivity contribution in [1.82, 2.24) is 9.97 Å². The first-order valence-electron chi connectivity index (χ1n) is 5.59. The zero-order chi connectivity index (χ0) is 13.1. The highest BCUT2D eigenvalue weighted by atomic mass is 19.1. The van der Waals surface area contributed by atoms with Crippen molar-refractivity contribution in [3.8, 4) is 11.6 Å². The van der Waals surface area contributed by atoms with Gasteiger partial charge in [0.15, 0.2) is 0 Å². The van der Waals surface area contributed by atoms with E-state index in [9.17, 15) is 9.18 Å². The third kappa shape index (κ3) is 2.94. The van der Waals surface area contributed by atoms with E-state index in [1.807, 2.05) is 13.8 Å². The number of hydrogen-bond acceptors (Lipinski definition) is 3. The van der Waals surface area contributed by atoms with Gasteiger partial charge in [-0.05, 0) is 24.3 Å². The van der Waals surface area contributed by atoms with Crippen molar-refractivity contribution in [2.45, 2.75) is 19.8 Å². The second kappa shape index (κ2) is 5.00. The molecule has 0 fully saturated rings. The number of hydrogen-bond donors (Lipinski definition) is 1. The molecule has 5 heteroatoms. The third-order valence-electron chi connectivity index (χ3n) is 2.32. The topological polar surface area (TPSA) is 55.0 Å². The molecule has 0 radical (unpaired) electrons. The summed E-state index contributed by atoms with van der Waals surface area (Å²) in [6.07, 6.45) is 0. The predicted molar refractivity (Wildman–Crippen MR) is 65.4 cm³/mol. The Morgan fingerprint density at radius 3 is 2.56 bits per heavy atom. The van der Waals surface area contributed by atoms with Gasteiger partial charge in [0.2, 0.25) is 5.88 Å². The van der Waals surface area contributed by atoms with Crippen LogP contribution in [0.15, 0.2) is 35.1 Å². The van der Waals surface area contributed by atoms with E-state index in [0.29, 0.717) is 11.6 Å². The number of ether oxygens (including phenoxy) is 1. The molecule has 0 atom stereocenters. The molecule has 0 unspecified atom stereocenters. The zero-order valence-corrected chi connectivity index (χ0v) is 10.1. The fourth-order valence-electron chi connectivity index (χ4n) is 1.40. The summed E-state index contributed by atoms with van der Waals surface area (Å²) < 4.78 is 18.1. The molecule has 1 heterocycles. The molecule has 0 amide bonds. The second-order valence-electron chi connectivity index (χ2n) is 4.18. The number of rotatable bonds is 3. The van der Waals surface area contributed by atoms with E-state index in [1.165, 1.54) is 30.3 Å². The molecule has 0 saturated heterocycles. The molecule has 2 aromatic rings. The Morgan fingerprint density at radius 1 is 1.28 bits per heavy atom. The van der Waals surface area contributed by atoms with Gasteiger partial charge in [0.1, 0.15) is 17.4 Å². The molecule has 94 valence electrons. The van der Waals surface area contributed by atoms with Gasteiger partial charge in [-0.15, -0.1) is 0 Å². The van der Waals surface area contributed by atoms with Crippen LogP contribution in [0.1, 0.15) is 25.6 Å². The molecule has 1 aromatic carbocycles. The van der Waals surface area contributed by atoms with Crippen LogP contribution in [0.2, 0.25) is 0 Å². The molecular weight excluding hydrogens is 235 g/mol. The smallest absolute Gasteiger partial charge is 0.254 e. The standard InChI is InChI=1S/C13H13FN2O2/c1-8(2)13-15-11(17)7-12(16-13)18-10-5-3-9(14)4-6-10/h3-8H,1-2H3,(H,15,16,17). The number of nitrogens with zero attached hydrogens (tertiary/aromatic N) is 1. The van der Waals surface area contributed by atoms with Crippen LogP contribution < -0.4 is 10.3 Å². The Hall–Kier alpha value is -2.17. The lowest BCUT2D eigenvalue weighted by molar-refractivity contribution is 0.454. The average molecular weight is 248 g/mol. The highest BCUT2D eigenvalue weighted by Crippen LogP contribution is 2.19. The number of H-pyrrole nitrogens is 1. The number of aromatic nitrogens is 2. The molecule has 1 N–H and O–H groups in total. The van der Waals surface area contributed by atoms with Crippen LogP contribution in [0.4, 0.5) is 4.39 Å². The van der Waals surface area contributed by atoms with Gasteiger partial charge in [0.25, 0.3) is 5.56 Å². The maximum absolute atomic E-state index is 12.7. The maximum atomic E-state index is 12.7. The lowest BCUT2D eigenvalue weighted by Crippen LogP contribution is -2.11. The summed E-state index contributed by atoms with van der Waals surface area (Å²) in [5, 5.41) is 0. The molecule has 18 heavy (non-hydrogen) atoms. The Kier molecular flexibility index (Phi) is 3.41. The van der Waals surface area contributed by atoms with Crippen molar-refractivity contribution in [2.75, 3.05) is 0 Å². The molecular formula is C13H13FN2O2. The van der Waals surface area contributed by atoms with E-state index in [-0.39, 0.29) is 23.2 Å². The molecule has 0 saturated carbocycles. The van der Waals surface area contributed by atoms with E-state index >= 15 is 0 Å². The van der Waals surface area contributed by atoms with E-state index in [4.69, 9.17) is 4.74 Å². The maximum Gasteiger partial charge on any atom is 0.254 e. The van der Waals surface area contributed by atoms with E-state index in [2.05, 4.69) is 9.97 Å². The van der Waals surface area contributed by atoms with Crippen molar-refractivity contribution in [3.05, 3.63) is 52.3 Å². The van der Waals surface area contributed by atoms with Crippen LogP contribution in [0, 0.1) is 5.82 Å². The van der Waals surface area contributed by atoms with Crippen molar-refractivity contribution in [1.29, 1.82) is 0 Å². The molecule has 4 nitrogen and oxygen atoms in total. The van der Waals surface area contributed by atoms with Crippen molar-refractivity contribution >= 4 is 0 Å². The largest absolute Gasteiger partial charge is 0.439 e. The van der Waals surface area contributed by atoms with Gasteiger partial charge >= 0.3 is 0 Å². The van der Waals surface area contributed by atoms with Gasteiger partial charge in [-0.3, -0.25) is 4.79 Å². The molecule has 0 aliphatic carbocycles. The first-order chi connectivity index (χ1) is 8.54. The van der Waals surface area contributed by atoms with Gasteiger partial charge in [-0.2, -0.15) is 4.98 Å². The predicted octanol–water partition coefficient (Wildman–Crippen LogP) is 2.82. The Bertz CT molecular complexity index is 591. The summed E-state index contributed by atoms with van der Waals surface area (Å²) >= 11 is 0. The lowest BCUT2D eigenvalue weighted by Gasteiger charge is -2.08. The summed E-state index contributed by atoms with van der Waals surface area (Å²) in [6.45, 7) is 3.83. The van der Waals surface area contributed by atoms with Crippen molar-refractivity contribution in [2.24, 2.45) is 0 Å². The molecule has 0 bridgehead atoms. The number of nitrogens with one attached hydrogen (secondary N) is 1. The Morgan fingerprint density at radius 2 is 1.94 bits per heavy atom. The highest BCUT2D eigenvalue weighted by Gasteiger charge is 2.06. The van der Waals surface area contributed by atoms with Gasteiger partial charge in [-0.25, -0.2) is 4.39 Å². The molecule has 1 aromatic heterocycles. The first-order valence-corrected chi connectivity index (χ1v) is 5.59. The molecule has 0 aliphatic rings. The molecule has 0 aliphatic heterocycles. The van der Waals surface area contributed by atoms with E-state index < -0.39 is 0 Å². The van der Waals surface area contributed by atoms with Crippen LogP contribution in [-0.4, -0.2) is 9.97 Å². The minimum absolute atomic E-state index is 0.0921. The Labute approximate surface area is 103 Å². The molecule has 0 spiro atoms. The monoisotopic (exact) mass is 248 g/mol. The average Bonchev–Trinajstić information content (AvgIpc) is 2.31. The van der Waals surface area contributed by atoms with Gasteiger partial charge in [0, 0.05) is 5.92 Å². The summed E-state index contributed by atoms with van der Waals surface area (Å²) in [5.41, 5.74) is -0.272. The lowest BCUT2D eigenvalue weighted by atomic mass is 10.2. The number of benzene rings is 1. The first kappa shape index (κ1) is 12.3. The SMILES string of the molecule is CC(C)c1nc(Oc2ccc(F)cc2)cc(=O)[nH]1. The fraction of sp³-hybridized carbons (Fsp3) is 0.231. The minimum Gasteiger partial charge on any atom is -0.439 e. The van der Waals surface area contributed by atoms with Gasteiger partial charge < -0.3 is 9.72 Å². The van der Waals surface area contributed by atoms with Gasteiger partial charge in [0.05, 0.1) is 6.07 Å². The summed E-state index contributed by atoms with van der Waals surface area (Å²) in [6, 6.07) is 6.79. The zero-order valence-electron chi connectivity index (χ0n) is 10.1.